The maximum atomic E-state index is 13.6. The molecule has 0 spiro atoms. The number of amides is 1. The van der Waals surface area contributed by atoms with Crippen LogP contribution in [0, 0.1) is 11.2 Å². The first-order valence-electron chi connectivity index (χ1n) is 5.75. The molecule has 102 valence electrons. The molecule has 1 aliphatic carbocycles. The number of anilines is 1. The van der Waals surface area contributed by atoms with Gasteiger partial charge in [-0.05, 0) is 25.0 Å². The Morgan fingerprint density at radius 3 is 2.68 bits per heavy atom. The van der Waals surface area contributed by atoms with Crippen molar-refractivity contribution < 1.29 is 14.4 Å². The fourth-order valence-electron chi connectivity index (χ4n) is 2.08. The van der Waals surface area contributed by atoms with E-state index in [9.17, 15) is 9.18 Å². The van der Waals surface area contributed by atoms with Crippen LogP contribution in [0.4, 0.5) is 10.1 Å². The van der Waals surface area contributed by atoms with Crippen LogP contribution in [0.15, 0.2) is 23.4 Å². The van der Waals surface area contributed by atoms with Gasteiger partial charge in [0.15, 0.2) is 5.84 Å². The van der Waals surface area contributed by atoms with Gasteiger partial charge >= 0.3 is 0 Å². The van der Waals surface area contributed by atoms with E-state index in [2.05, 4.69) is 10.5 Å². The van der Waals surface area contributed by atoms with Crippen molar-refractivity contribution in [3.8, 4) is 0 Å². The second kappa shape index (κ2) is 5.05. The average molecular weight is 286 g/mol. The van der Waals surface area contributed by atoms with Gasteiger partial charge in [0.25, 0.3) is 0 Å². The van der Waals surface area contributed by atoms with E-state index in [1.165, 1.54) is 18.2 Å². The van der Waals surface area contributed by atoms with Crippen LogP contribution >= 0.6 is 11.6 Å². The van der Waals surface area contributed by atoms with Gasteiger partial charge in [0, 0.05) is 0 Å². The summed E-state index contributed by atoms with van der Waals surface area (Å²) in [7, 11) is 0. The van der Waals surface area contributed by atoms with E-state index >= 15 is 0 Å². The predicted molar refractivity (Wildman–Crippen MR) is 69.7 cm³/mol. The van der Waals surface area contributed by atoms with E-state index in [-0.39, 0.29) is 16.5 Å². The smallest absolute Gasteiger partial charge is 0.238 e. The molecule has 1 aliphatic rings. The summed E-state index contributed by atoms with van der Waals surface area (Å²) in [5, 5.41) is 14.2. The van der Waals surface area contributed by atoms with E-state index in [1.54, 1.807) is 0 Å². The Bertz CT molecular complexity index is 524. The molecule has 0 aromatic heterocycles. The molecule has 19 heavy (non-hydrogen) atoms. The third-order valence-electron chi connectivity index (χ3n) is 3.44. The number of halogens is 2. The van der Waals surface area contributed by atoms with Crippen LogP contribution < -0.4 is 11.1 Å². The lowest BCUT2D eigenvalue weighted by Crippen LogP contribution is -2.51. The topological polar surface area (TPSA) is 87.7 Å². The van der Waals surface area contributed by atoms with Gasteiger partial charge in [0.05, 0.1) is 10.7 Å². The minimum Gasteiger partial charge on any atom is -0.409 e. The minimum absolute atomic E-state index is 0.0915. The van der Waals surface area contributed by atoms with Crippen molar-refractivity contribution in [2.45, 2.75) is 19.3 Å². The number of amidine groups is 1. The Morgan fingerprint density at radius 1 is 1.53 bits per heavy atom. The summed E-state index contributed by atoms with van der Waals surface area (Å²) in [6.45, 7) is 0. The fourth-order valence-corrected chi connectivity index (χ4v) is 2.29. The normalized spacial score (nSPS) is 17.7. The molecule has 0 unspecified atom stereocenters. The van der Waals surface area contributed by atoms with Crippen LogP contribution in [-0.4, -0.2) is 17.0 Å². The number of hydrogen-bond acceptors (Lipinski definition) is 3. The third kappa shape index (κ3) is 2.23. The number of benzene rings is 1. The minimum atomic E-state index is -1.07. The standard InChI is InChI=1S/C12H13ClFN3O2/c13-7-3-1-4-8(14)9(7)16-11(18)12(5-2-6-12)10(15)17-19/h1,3-4,19H,2,5-6H2,(H2,15,17)(H,16,18). The average Bonchev–Trinajstić information content (AvgIpc) is 2.32. The lowest BCUT2D eigenvalue weighted by atomic mass is 9.67. The van der Waals surface area contributed by atoms with Gasteiger partial charge in [-0.15, -0.1) is 0 Å². The van der Waals surface area contributed by atoms with Crippen LogP contribution in [0.25, 0.3) is 0 Å². The quantitative estimate of drug-likeness (QED) is 0.345. The zero-order valence-corrected chi connectivity index (χ0v) is 10.7. The fraction of sp³-hybridized carbons (Fsp3) is 0.333. The second-order valence-corrected chi connectivity index (χ2v) is 4.88. The Balaban J connectivity index is 2.26. The van der Waals surface area contributed by atoms with Crippen molar-refractivity contribution >= 4 is 29.0 Å². The summed E-state index contributed by atoms with van der Waals surface area (Å²) in [5.74, 6) is -1.31. The van der Waals surface area contributed by atoms with Gasteiger partial charge in [-0.3, -0.25) is 4.79 Å². The van der Waals surface area contributed by atoms with E-state index in [0.29, 0.717) is 12.8 Å². The van der Waals surface area contributed by atoms with Gasteiger partial charge < -0.3 is 16.3 Å². The molecule has 5 nitrogen and oxygen atoms in total. The van der Waals surface area contributed by atoms with Crippen LogP contribution in [0.5, 0.6) is 0 Å². The molecular weight excluding hydrogens is 273 g/mol. The molecule has 7 heteroatoms. The summed E-state index contributed by atoms with van der Waals surface area (Å²) in [6.07, 6.45) is 1.70. The Kier molecular flexibility index (Phi) is 3.61. The van der Waals surface area contributed by atoms with Crippen molar-refractivity contribution in [3.05, 3.63) is 29.0 Å². The number of oxime groups is 1. The summed E-state index contributed by atoms with van der Waals surface area (Å²) in [6, 6.07) is 4.10. The third-order valence-corrected chi connectivity index (χ3v) is 3.76. The summed E-state index contributed by atoms with van der Waals surface area (Å²) in [5.41, 5.74) is 4.40. The van der Waals surface area contributed by atoms with Crippen molar-refractivity contribution in [1.29, 1.82) is 0 Å². The Morgan fingerprint density at radius 2 is 2.21 bits per heavy atom. The second-order valence-electron chi connectivity index (χ2n) is 4.47. The molecule has 4 N–H and O–H groups in total. The van der Waals surface area contributed by atoms with Gasteiger partial charge in [-0.2, -0.15) is 0 Å². The molecule has 2 rings (SSSR count). The monoisotopic (exact) mass is 285 g/mol. The SMILES string of the molecule is N/C(=N/O)C1(C(=O)Nc2c(F)cccc2Cl)CCC1. The lowest BCUT2D eigenvalue weighted by Gasteiger charge is -2.38. The van der Waals surface area contributed by atoms with Crippen molar-refractivity contribution in [3.63, 3.8) is 0 Å². The van der Waals surface area contributed by atoms with E-state index in [1.807, 2.05) is 0 Å². The molecule has 0 atom stereocenters. The highest BCUT2D eigenvalue weighted by Crippen LogP contribution is 2.42. The van der Waals surface area contributed by atoms with Crippen molar-refractivity contribution in [2.24, 2.45) is 16.3 Å². The van der Waals surface area contributed by atoms with Gasteiger partial charge in [-0.1, -0.05) is 29.2 Å². The number of nitrogens with two attached hydrogens (primary N) is 1. The van der Waals surface area contributed by atoms with Crippen LogP contribution in [0.1, 0.15) is 19.3 Å². The molecule has 1 saturated carbocycles. The van der Waals surface area contributed by atoms with Gasteiger partial charge in [0.2, 0.25) is 5.91 Å². The predicted octanol–water partition coefficient (Wildman–Crippen LogP) is 2.33. The highest BCUT2D eigenvalue weighted by molar-refractivity contribution is 6.34. The first-order valence-corrected chi connectivity index (χ1v) is 6.12. The highest BCUT2D eigenvalue weighted by Gasteiger charge is 2.48. The van der Waals surface area contributed by atoms with Crippen LogP contribution in [0.2, 0.25) is 5.02 Å². The lowest BCUT2D eigenvalue weighted by molar-refractivity contribution is -0.125. The molecular formula is C12H13ClFN3O2. The van der Waals surface area contributed by atoms with Crippen molar-refractivity contribution in [2.75, 3.05) is 5.32 Å². The van der Waals surface area contributed by atoms with Crippen LogP contribution in [-0.2, 0) is 4.79 Å². The number of hydrogen-bond donors (Lipinski definition) is 3. The van der Waals surface area contributed by atoms with Gasteiger partial charge in [0.1, 0.15) is 11.2 Å². The number of para-hydroxylation sites is 1. The number of rotatable bonds is 3. The molecule has 0 aliphatic heterocycles. The van der Waals surface area contributed by atoms with Crippen molar-refractivity contribution in [1.82, 2.24) is 0 Å². The molecule has 1 fully saturated rings. The van der Waals surface area contributed by atoms with E-state index < -0.39 is 17.1 Å². The molecule has 0 bridgehead atoms. The summed E-state index contributed by atoms with van der Waals surface area (Å²) in [4.78, 5) is 12.2. The summed E-state index contributed by atoms with van der Waals surface area (Å²) < 4.78 is 13.6. The number of carbonyl (C=O) groups is 1. The molecule has 0 heterocycles. The first kappa shape index (κ1) is 13.6. The molecule has 1 aromatic carbocycles. The Labute approximate surface area is 114 Å². The van der Waals surface area contributed by atoms with Gasteiger partial charge in [-0.25, -0.2) is 4.39 Å². The maximum Gasteiger partial charge on any atom is 0.238 e. The summed E-state index contributed by atoms with van der Waals surface area (Å²) >= 11 is 5.83. The largest absolute Gasteiger partial charge is 0.409 e. The first-order chi connectivity index (χ1) is 9.01. The maximum absolute atomic E-state index is 13.6. The van der Waals surface area contributed by atoms with E-state index in [0.717, 1.165) is 6.42 Å². The zero-order valence-electron chi connectivity index (χ0n) is 9.99. The highest BCUT2D eigenvalue weighted by atomic mass is 35.5. The van der Waals surface area contributed by atoms with Crippen LogP contribution in [0.3, 0.4) is 0 Å². The molecule has 1 aromatic rings. The molecule has 1 amide bonds. The Hall–Kier alpha value is -1.82. The number of nitrogens with zero attached hydrogens (tertiary/aromatic N) is 1. The molecule has 0 radical (unpaired) electrons. The zero-order chi connectivity index (χ0) is 14.0. The molecule has 0 saturated heterocycles. The van der Waals surface area contributed by atoms with E-state index in [4.69, 9.17) is 22.5 Å². The number of nitrogens with one attached hydrogen (secondary N) is 1. The number of carbonyl (C=O) groups excluding carboxylic acids is 1.